The van der Waals surface area contributed by atoms with Crippen LogP contribution in [0.5, 0.6) is 11.5 Å². The van der Waals surface area contributed by atoms with Crippen LogP contribution in [-0.2, 0) is 6.42 Å². The Balaban J connectivity index is 2.38. The Hall–Kier alpha value is -0.930. The molecule has 1 fully saturated rings. The van der Waals surface area contributed by atoms with Gasteiger partial charge in [0.15, 0.2) is 11.5 Å². The van der Waals surface area contributed by atoms with Crippen LogP contribution in [0.25, 0.3) is 0 Å². The topological polar surface area (TPSA) is 38.7 Å². The molecule has 0 amide bonds. The summed E-state index contributed by atoms with van der Waals surface area (Å²) < 4.78 is 10.9. The molecule has 1 aromatic carbocycles. The van der Waals surface area contributed by atoms with Gasteiger partial charge in [0.25, 0.3) is 0 Å². The van der Waals surface area contributed by atoms with Gasteiger partial charge in [-0.2, -0.15) is 0 Å². The van der Waals surface area contributed by atoms with E-state index in [-0.39, 0.29) is 0 Å². The maximum absolute atomic E-state index is 10.0. The van der Waals surface area contributed by atoms with E-state index in [1.54, 1.807) is 19.2 Å². The first-order chi connectivity index (χ1) is 8.09. The van der Waals surface area contributed by atoms with Crippen molar-refractivity contribution in [2.45, 2.75) is 31.8 Å². The third-order valence-corrected chi connectivity index (χ3v) is 3.36. The zero-order valence-corrected chi connectivity index (χ0v) is 10.9. The van der Waals surface area contributed by atoms with Gasteiger partial charge in [-0.3, -0.25) is 0 Å². The molecule has 0 unspecified atom stereocenters. The Labute approximate surface area is 106 Å². The molecule has 17 heavy (non-hydrogen) atoms. The first-order valence-corrected chi connectivity index (χ1v) is 6.18. The van der Waals surface area contributed by atoms with Crippen molar-refractivity contribution in [1.29, 1.82) is 0 Å². The van der Waals surface area contributed by atoms with Crippen molar-refractivity contribution in [2.24, 2.45) is 0 Å². The first-order valence-electron chi connectivity index (χ1n) is 5.80. The smallest absolute Gasteiger partial charge is 0.165 e. The molecule has 0 aliphatic heterocycles. The standard InChI is InChI=1S/C13H17ClO3/c1-3-17-12-9(8-13(15)6-7-13)10(14)4-5-11(12)16-2/h4-5,15H,3,6-8H2,1-2H3. The van der Waals surface area contributed by atoms with Gasteiger partial charge in [-0.15, -0.1) is 0 Å². The lowest BCUT2D eigenvalue weighted by molar-refractivity contribution is 0.149. The highest BCUT2D eigenvalue weighted by Gasteiger charge is 2.41. The van der Waals surface area contributed by atoms with Crippen LogP contribution in [0.1, 0.15) is 25.3 Å². The van der Waals surface area contributed by atoms with E-state index in [1.165, 1.54) is 0 Å². The van der Waals surface area contributed by atoms with Gasteiger partial charge in [0.1, 0.15) is 0 Å². The van der Waals surface area contributed by atoms with Crippen molar-refractivity contribution in [1.82, 2.24) is 0 Å². The summed E-state index contributed by atoms with van der Waals surface area (Å²) in [7, 11) is 1.60. The highest BCUT2D eigenvalue weighted by molar-refractivity contribution is 6.31. The number of aliphatic hydroxyl groups is 1. The third-order valence-electron chi connectivity index (χ3n) is 3.01. The van der Waals surface area contributed by atoms with E-state index in [0.29, 0.717) is 29.5 Å². The number of benzene rings is 1. The van der Waals surface area contributed by atoms with E-state index in [9.17, 15) is 5.11 Å². The van der Waals surface area contributed by atoms with Crippen molar-refractivity contribution < 1.29 is 14.6 Å². The zero-order chi connectivity index (χ0) is 12.5. The maximum atomic E-state index is 10.0. The molecule has 0 atom stereocenters. The molecule has 1 aliphatic carbocycles. The molecule has 1 saturated carbocycles. The van der Waals surface area contributed by atoms with Gasteiger partial charge < -0.3 is 14.6 Å². The summed E-state index contributed by atoms with van der Waals surface area (Å²) in [6.07, 6.45) is 2.18. The molecule has 0 radical (unpaired) electrons. The van der Waals surface area contributed by atoms with Gasteiger partial charge in [0.2, 0.25) is 0 Å². The third kappa shape index (κ3) is 2.67. The fourth-order valence-electron chi connectivity index (χ4n) is 1.86. The Morgan fingerprint density at radius 3 is 2.65 bits per heavy atom. The molecule has 0 saturated heterocycles. The average molecular weight is 257 g/mol. The molecule has 1 N–H and O–H groups in total. The van der Waals surface area contributed by atoms with Gasteiger partial charge in [-0.05, 0) is 31.9 Å². The summed E-state index contributed by atoms with van der Waals surface area (Å²) in [4.78, 5) is 0. The zero-order valence-electron chi connectivity index (χ0n) is 10.1. The minimum absolute atomic E-state index is 0.526. The molecular formula is C13H17ClO3. The Morgan fingerprint density at radius 2 is 2.12 bits per heavy atom. The van der Waals surface area contributed by atoms with Gasteiger partial charge in [0.05, 0.1) is 19.3 Å². The second kappa shape index (κ2) is 4.75. The minimum atomic E-state index is -0.595. The van der Waals surface area contributed by atoms with Crippen molar-refractivity contribution in [3.8, 4) is 11.5 Å². The van der Waals surface area contributed by atoms with Crippen LogP contribution in [-0.4, -0.2) is 24.4 Å². The molecule has 0 heterocycles. The molecular weight excluding hydrogens is 240 g/mol. The van der Waals surface area contributed by atoms with Crippen LogP contribution in [0.3, 0.4) is 0 Å². The number of hydrogen-bond acceptors (Lipinski definition) is 3. The van der Waals surface area contributed by atoms with Gasteiger partial charge in [-0.25, -0.2) is 0 Å². The van der Waals surface area contributed by atoms with Crippen LogP contribution < -0.4 is 9.47 Å². The molecule has 0 aromatic heterocycles. The summed E-state index contributed by atoms with van der Waals surface area (Å²) in [5.41, 5.74) is 0.245. The second-order valence-electron chi connectivity index (χ2n) is 4.39. The predicted octanol–water partition coefficient (Wildman–Crippen LogP) is 2.81. The lowest BCUT2D eigenvalue weighted by Crippen LogP contribution is -2.13. The quantitative estimate of drug-likeness (QED) is 0.881. The second-order valence-corrected chi connectivity index (χ2v) is 4.80. The van der Waals surface area contributed by atoms with Crippen LogP contribution in [0.2, 0.25) is 5.02 Å². The minimum Gasteiger partial charge on any atom is -0.493 e. The van der Waals surface area contributed by atoms with Crippen LogP contribution in [0.15, 0.2) is 12.1 Å². The van der Waals surface area contributed by atoms with Crippen molar-refractivity contribution in [3.63, 3.8) is 0 Å². The molecule has 1 aliphatic rings. The van der Waals surface area contributed by atoms with Crippen LogP contribution in [0.4, 0.5) is 0 Å². The van der Waals surface area contributed by atoms with Crippen molar-refractivity contribution in [2.75, 3.05) is 13.7 Å². The predicted molar refractivity (Wildman–Crippen MR) is 67.1 cm³/mol. The number of hydrogen-bond donors (Lipinski definition) is 1. The van der Waals surface area contributed by atoms with Gasteiger partial charge in [-0.1, -0.05) is 11.6 Å². The van der Waals surface area contributed by atoms with Crippen molar-refractivity contribution >= 4 is 11.6 Å². The molecule has 1 aromatic rings. The van der Waals surface area contributed by atoms with E-state index in [4.69, 9.17) is 21.1 Å². The molecule has 3 nitrogen and oxygen atoms in total. The highest BCUT2D eigenvalue weighted by atomic mass is 35.5. The molecule has 4 heteroatoms. The largest absolute Gasteiger partial charge is 0.493 e. The number of methoxy groups -OCH3 is 1. The van der Waals surface area contributed by atoms with E-state index in [0.717, 1.165) is 18.4 Å². The summed E-state index contributed by atoms with van der Waals surface area (Å²) in [6.45, 7) is 2.46. The number of halogens is 1. The van der Waals surface area contributed by atoms with Crippen LogP contribution >= 0.6 is 11.6 Å². The molecule has 0 spiro atoms. The van der Waals surface area contributed by atoms with E-state index < -0.39 is 5.60 Å². The lowest BCUT2D eigenvalue weighted by Gasteiger charge is -2.17. The highest BCUT2D eigenvalue weighted by Crippen LogP contribution is 2.44. The molecule has 0 bridgehead atoms. The molecule has 2 rings (SSSR count). The molecule has 94 valence electrons. The van der Waals surface area contributed by atoms with E-state index in [1.807, 2.05) is 6.92 Å². The maximum Gasteiger partial charge on any atom is 0.165 e. The summed E-state index contributed by atoms with van der Waals surface area (Å²) in [5.74, 6) is 1.32. The first kappa shape index (κ1) is 12.5. The van der Waals surface area contributed by atoms with Crippen LogP contribution in [0, 0.1) is 0 Å². The fourth-order valence-corrected chi connectivity index (χ4v) is 2.08. The summed E-state index contributed by atoms with van der Waals surface area (Å²) >= 11 is 6.18. The monoisotopic (exact) mass is 256 g/mol. The van der Waals surface area contributed by atoms with E-state index in [2.05, 4.69) is 0 Å². The summed E-state index contributed by atoms with van der Waals surface area (Å²) in [5, 5.41) is 10.6. The Kier molecular flexibility index (Phi) is 3.50. The average Bonchev–Trinajstić information content (AvgIpc) is 3.02. The fraction of sp³-hybridized carbons (Fsp3) is 0.538. The van der Waals surface area contributed by atoms with Crippen molar-refractivity contribution in [3.05, 3.63) is 22.7 Å². The normalized spacial score (nSPS) is 16.7. The SMILES string of the molecule is CCOc1c(OC)ccc(Cl)c1CC1(O)CC1. The Bertz CT molecular complexity index is 413. The number of rotatable bonds is 5. The van der Waals surface area contributed by atoms with Gasteiger partial charge in [0, 0.05) is 17.0 Å². The summed E-state index contributed by atoms with van der Waals surface area (Å²) in [6, 6.07) is 3.57. The van der Waals surface area contributed by atoms with Gasteiger partial charge >= 0.3 is 0 Å². The number of ether oxygens (including phenoxy) is 2. The van der Waals surface area contributed by atoms with E-state index >= 15 is 0 Å². The Morgan fingerprint density at radius 1 is 1.41 bits per heavy atom. The lowest BCUT2D eigenvalue weighted by atomic mass is 10.0.